The highest BCUT2D eigenvalue weighted by atomic mass is 32.2. The predicted octanol–water partition coefficient (Wildman–Crippen LogP) is 4.49. The smallest absolute Gasteiger partial charge is 0.341 e. The van der Waals surface area contributed by atoms with Gasteiger partial charge in [0.25, 0.3) is 16.8 Å². The molecule has 1 N–H and O–H groups in total. The number of nitrogens with one attached hydrogen (secondary N) is 1. The molecule has 12 heteroatoms. The zero-order valence-corrected chi connectivity index (χ0v) is 19.3. The molecule has 33 heavy (non-hydrogen) atoms. The fourth-order valence-corrected chi connectivity index (χ4v) is 5.41. The number of nitro benzene ring substituents is 1. The number of anilines is 1. The average molecular weight is 489 g/mol. The van der Waals surface area contributed by atoms with Crippen molar-refractivity contribution < 1.29 is 23.7 Å². The molecule has 1 aromatic carbocycles. The van der Waals surface area contributed by atoms with Gasteiger partial charge in [0.15, 0.2) is 0 Å². The molecule has 0 saturated heterocycles. The highest BCUT2D eigenvalue weighted by Crippen LogP contribution is 2.39. The van der Waals surface area contributed by atoms with Gasteiger partial charge in [0.05, 0.1) is 22.8 Å². The average Bonchev–Trinajstić information content (AvgIpc) is 3.42. The van der Waals surface area contributed by atoms with Crippen LogP contribution < -0.4 is 5.32 Å². The van der Waals surface area contributed by atoms with E-state index in [2.05, 4.69) is 15.5 Å². The molecule has 3 aromatic rings. The molecule has 0 fully saturated rings. The van der Waals surface area contributed by atoms with Gasteiger partial charge in [-0.15, -0.1) is 21.5 Å². The number of thiophene rings is 1. The van der Waals surface area contributed by atoms with Crippen LogP contribution in [0.4, 0.5) is 10.7 Å². The number of hydrogen-bond donors (Lipinski definition) is 1. The Morgan fingerprint density at radius 2 is 2.06 bits per heavy atom. The molecule has 0 radical (unpaired) electrons. The lowest BCUT2D eigenvalue weighted by molar-refractivity contribution is -0.384. The normalized spacial score (nSPS) is 12.8. The van der Waals surface area contributed by atoms with Gasteiger partial charge in [-0.3, -0.25) is 14.9 Å². The molecule has 0 unspecified atom stereocenters. The van der Waals surface area contributed by atoms with Crippen LogP contribution in [0, 0.1) is 10.1 Å². The molecule has 10 nitrogen and oxygen atoms in total. The molecule has 1 aliphatic carbocycles. The van der Waals surface area contributed by atoms with Crippen molar-refractivity contribution in [2.45, 2.75) is 37.8 Å². The van der Waals surface area contributed by atoms with E-state index in [1.165, 1.54) is 23.5 Å². The second-order valence-electron chi connectivity index (χ2n) is 7.12. The summed E-state index contributed by atoms with van der Waals surface area (Å²) in [6.45, 7) is 2.00. The molecule has 1 amide bonds. The van der Waals surface area contributed by atoms with Crippen molar-refractivity contribution in [2.75, 3.05) is 17.7 Å². The zero-order chi connectivity index (χ0) is 23.4. The van der Waals surface area contributed by atoms with Crippen molar-refractivity contribution in [3.63, 3.8) is 0 Å². The van der Waals surface area contributed by atoms with Crippen molar-refractivity contribution in [3.05, 3.63) is 50.4 Å². The maximum atomic E-state index is 12.6. The minimum atomic E-state index is -0.526. The lowest BCUT2D eigenvalue weighted by atomic mass is 9.95. The molecular formula is C21H20N4O6S2. The molecule has 0 atom stereocenters. The van der Waals surface area contributed by atoms with Crippen LogP contribution in [0.25, 0.3) is 11.5 Å². The molecule has 2 aromatic heterocycles. The number of nitro groups is 1. The number of nitrogens with zero attached hydrogens (tertiary/aromatic N) is 3. The third-order valence-corrected chi connectivity index (χ3v) is 6.99. The van der Waals surface area contributed by atoms with Crippen molar-refractivity contribution in [3.8, 4) is 11.5 Å². The van der Waals surface area contributed by atoms with Gasteiger partial charge in [0.1, 0.15) is 10.6 Å². The molecular weight excluding hydrogens is 468 g/mol. The number of rotatable bonds is 8. The Labute approximate surface area is 196 Å². The van der Waals surface area contributed by atoms with Gasteiger partial charge in [0, 0.05) is 10.9 Å². The summed E-state index contributed by atoms with van der Waals surface area (Å²) >= 11 is 2.42. The van der Waals surface area contributed by atoms with E-state index >= 15 is 0 Å². The van der Waals surface area contributed by atoms with E-state index in [0.717, 1.165) is 47.9 Å². The Morgan fingerprint density at radius 1 is 1.27 bits per heavy atom. The third-order valence-electron chi connectivity index (χ3n) is 4.97. The summed E-state index contributed by atoms with van der Waals surface area (Å²) in [5.41, 5.74) is 1.48. The fraction of sp³-hybridized carbons (Fsp3) is 0.333. The van der Waals surface area contributed by atoms with Crippen molar-refractivity contribution in [1.82, 2.24) is 10.2 Å². The van der Waals surface area contributed by atoms with Crippen LogP contribution in [0.5, 0.6) is 0 Å². The van der Waals surface area contributed by atoms with Crippen LogP contribution in [-0.4, -0.2) is 39.4 Å². The van der Waals surface area contributed by atoms with Crippen LogP contribution in [0.1, 0.15) is 40.6 Å². The highest BCUT2D eigenvalue weighted by Gasteiger charge is 2.27. The summed E-state index contributed by atoms with van der Waals surface area (Å²) < 4.78 is 10.7. The van der Waals surface area contributed by atoms with E-state index in [1.807, 2.05) is 0 Å². The van der Waals surface area contributed by atoms with Crippen LogP contribution in [0.2, 0.25) is 0 Å². The summed E-state index contributed by atoms with van der Waals surface area (Å²) in [5, 5.41) is 22.4. The van der Waals surface area contributed by atoms with Crippen LogP contribution >= 0.6 is 23.1 Å². The van der Waals surface area contributed by atoms with E-state index in [1.54, 1.807) is 19.1 Å². The number of carbonyl (C=O) groups excluding carboxylic acids is 2. The minimum Gasteiger partial charge on any atom is -0.462 e. The molecule has 0 spiro atoms. The molecule has 0 saturated carbocycles. The number of thioether (sulfide) groups is 1. The zero-order valence-electron chi connectivity index (χ0n) is 17.7. The highest BCUT2D eigenvalue weighted by molar-refractivity contribution is 7.99. The van der Waals surface area contributed by atoms with E-state index in [-0.39, 0.29) is 40.6 Å². The summed E-state index contributed by atoms with van der Waals surface area (Å²) in [6.07, 6.45) is 3.73. The van der Waals surface area contributed by atoms with Gasteiger partial charge < -0.3 is 14.5 Å². The lowest BCUT2D eigenvalue weighted by Gasteiger charge is -2.12. The minimum absolute atomic E-state index is 0.000683. The van der Waals surface area contributed by atoms with Crippen molar-refractivity contribution in [1.29, 1.82) is 0 Å². The van der Waals surface area contributed by atoms with Crippen LogP contribution in [0.15, 0.2) is 33.9 Å². The Morgan fingerprint density at radius 3 is 2.85 bits per heavy atom. The quantitative estimate of drug-likeness (QED) is 0.210. The third kappa shape index (κ3) is 5.06. The molecule has 0 bridgehead atoms. The first-order valence-corrected chi connectivity index (χ1v) is 12.1. The van der Waals surface area contributed by atoms with E-state index in [9.17, 15) is 19.7 Å². The topological polar surface area (TPSA) is 137 Å². The number of ether oxygens (including phenoxy) is 1. The van der Waals surface area contributed by atoms with Gasteiger partial charge in [-0.1, -0.05) is 23.9 Å². The molecule has 2 heterocycles. The lowest BCUT2D eigenvalue weighted by Crippen LogP contribution is -2.17. The second kappa shape index (κ2) is 10.1. The van der Waals surface area contributed by atoms with E-state index < -0.39 is 10.9 Å². The number of amides is 1. The Balaban J connectivity index is 1.45. The monoisotopic (exact) mass is 488 g/mol. The number of benzene rings is 1. The largest absolute Gasteiger partial charge is 0.462 e. The molecule has 0 aliphatic heterocycles. The number of para-hydroxylation sites is 1. The first-order valence-electron chi connectivity index (χ1n) is 10.3. The van der Waals surface area contributed by atoms with E-state index in [4.69, 9.17) is 9.15 Å². The van der Waals surface area contributed by atoms with Gasteiger partial charge >= 0.3 is 5.97 Å². The maximum absolute atomic E-state index is 12.6. The summed E-state index contributed by atoms with van der Waals surface area (Å²) in [6, 6.07) is 6.05. The fourth-order valence-electron chi connectivity index (χ4n) is 3.55. The second-order valence-corrected chi connectivity index (χ2v) is 9.15. The predicted molar refractivity (Wildman–Crippen MR) is 123 cm³/mol. The van der Waals surface area contributed by atoms with Gasteiger partial charge in [-0.2, -0.15) is 0 Å². The number of aromatic nitrogens is 2. The number of esters is 1. The summed E-state index contributed by atoms with van der Waals surface area (Å²) in [7, 11) is 0. The van der Waals surface area contributed by atoms with Crippen LogP contribution in [0.3, 0.4) is 0 Å². The number of aryl methyl sites for hydroxylation is 1. The SMILES string of the molecule is CCOC(=O)c1c(NC(=O)CSc2nnc(-c3ccccc3[N+](=O)[O-])o2)sc2c1CCCC2. The Bertz CT molecular complexity index is 1210. The Kier molecular flexibility index (Phi) is 7.04. The van der Waals surface area contributed by atoms with Gasteiger partial charge in [-0.05, 0) is 44.2 Å². The van der Waals surface area contributed by atoms with Crippen LogP contribution in [-0.2, 0) is 22.4 Å². The summed E-state index contributed by atoms with van der Waals surface area (Å²) in [4.78, 5) is 36.9. The molecule has 4 rings (SSSR count). The number of fused-ring (bicyclic) bond motifs is 1. The van der Waals surface area contributed by atoms with Crippen molar-refractivity contribution >= 4 is 45.7 Å². The maximum Gasteiger partial charge on any atom is 0.341 e. The van der Waals surface area contributed by atoms with Crippen molar-refractivity contribution in [2.24, 2.45) is 0 Å². The van der Waals surface area contributed by atoms with E-state index in [0.29, 0.717) is 10.6 Å². The Hall–Kier alpha value is -3.25. The number of hydrogen-bond acceptors (Lipinski definition) is 10. The standard InChI is InChI=1S/C21H20N4O6S2/c1-2-30-20(27)17-13-8-4-6-10-15(13)33-19(17)22-16(26)11-32-21-24-23-18(31-21)12-7-3-5-9-14(12)25(28)29/h3,5,7,9H,2,4,6,8,10-11H2,1H3,(H,22,26). The molecule has 172 valence electrons. The first-order chi connectivity index (χ1) is 16.0. The molecule has 1 aliphatic rings. The van der Waals surface area contributed by atoms with Gasteiger partial charge in [-0.25, -0.2) is 4.79 Å². The first kappa shape index (κ1) is 22.9. The summed E-state index contributed by atoms with van der Waals surface area (Å²) in [5.74, 6) is -0.801. The van der Waals surface area contributed by atoms with Gasteiger partial charge in [0.2, 0.25) is 5.91 Å². The number of carbonyl (C=O) groups is 2.